The molecule has 2 aromatic rings. The lowest BCUT2D eigenvalue weighted by molar-refractivity contribution is 0.103. The van der Waals surface area contributed by atoms with Crippen molar-refractivity contribution in [3.63, 3.8) is 0 Å². The summed E-state index contributed by atoms with van der Waals surface area (Å²) in [5, 5.41) is 0. The molecule has 0 aliphatic rings. The van der Waals surface area contributed by atoms with Gasteiger partial charge in [0.1, 0.15) is 12.4 Å². The van der Waals surface area contributed by atoms with E-state index in [0.29, 0.717) is 17.7 Å². The number of carbonyl (C=O) groups excluding carboxylic acids is 1. The van der Waals surface area contributed by atoms with E-state index in [0.717, 1.165) is 23.3 Å². The minimum absolute atomic E-state index is 0.00389. The van der Waals surface area contributed by atoms with Crippen LogP contribution in [-0.4, -0.2) is 37.4 Å². The van der Waals surface area contributed by atoms with Gasteiger partial charge in [0.05, 0.1) is 0 Å². The van der Waals surface area contributed by atoms with Gasteiger partial charge in [0.25, 0.3) is 0 Å². The molecule has 130 valence electrons. The van der Waals surface area contributed by atoms with Crippen molar-refractivity contribution in [1.82, 2.24) is 4.90 Å². The highest BCUT2D eigenvalue weighted by atomic mass is 79.9. The summed E-state index contributed by atoms with van der Waals surface area (Å²) in [6, 6.07) is 14.6. The van der Waals surface area contributed by atoms with Crippen molar-refractivity contribution in [2.45, 2.75) is 0 Å². The first kappa shape index (κ1) is 19.2. The third kappa shape index (κ3) is 6.33. The van der Waals surface area contributed by atoms with Gasteiger partial charge in [-0.15, -0.1) is 6.58 Å². The molecule has 0 heterocycles. The molecular formula is C21H22BrNO2. The van der Waals surface area contributed by atoms with Gasteiger partial charge in [0, 0.05) is 28.7 Å². The molecule has 4 heteroatoms. The fourth-order valence-electron chi connectivity index (χ4n) is 2.23. The molecule has 25 heavy (non-hydrogen) atoms. The molecule has 3 nitrogen and oxygen atoms in total. The van der Waals surface area contributed by atoms with Crippen LogP contribution in [0, 0.1) is 0 Å². The van der Waals surface area contributed by atoms with Crippen LogP contribution >= 0.6 is 15.9 Å². The van der Waals surface area contributed by atoms with Crippen LogP contribution < -0.4 is 4.74 Å². The molecule has 0 atom stereocenters. The molecule has 0 spiro atoms. The number of hydrogen-bond donors (Lipinski definition) is 0. The smallest absolute Gasteiger partial charge is 0.193 e. The van der Waals surface area contributed by atoms with E-state index in [2.05, 4.69) is 33.5 Å². The van der Waals surface area contributed by atoms with Gasteiger partial charge in [-0.1, -0.05) is 34.2 Å². The Morgan fingerprint density at radius 2 is 1.64 bits per heavy atom. The number of benzene rings is 2. The Balaban J connectivity index is 1.85. The van der Waals surface area contributed by atoms with E-state index in [9.17, 15) is 4.79 Å². The third-order valence-electron chi connectivity index (χ3n) is 3.59. The van der Waals surface area contributed by atoms with E-state index in [4.69, 9.17) is 4.74 Å². The van der Waals surface area contributed by atoms with Crippen molar-refractivity contribution in [2.75, 3.05) is 26.7 Å². The van der Waals surface area contributed by atoms with E-state index in [1.54, 1.807) is 12.1 Å². The summed E-state index contributed by atoms with van der Waals surface area (Å²) in [6.07, 6.45) is 5.93. The van der Waals surface area contributed by atoms with Crippen molar-refractivity contribution in [1.29, 1.82) is 0 Å². The number of rotatable bonds is 9. The van der Waals surface area contributed by atoms with Crippen LogP contribution in [0.4, 0.5) is 0 Å². The zero-order chi connectivity index (χ0) is 18.1. The SMILES string of the molecule is C=CCN(C)C/C=C\COc1ccc(C(=O)c2ccc(Br)cc2)cc1. The normalized spacial score (nSPS) is 11.0. The van der Waals surface area contributed by atoms with Crippen molar-refractivity contribution in [3.05, 3.63) is 88.9 Å². The van der Waals surface area contributed by atoms with Gasteiger partial charge in [-0.3, -0.25) is 9.69 Å². The second-order valence-electron chi connectivity index (χ2n) is 5.65. The highest BCUT2D eigenvalue weighted by Gasteiger charge is 2.08. The molecule has 0 aromatic heterocycles. The lowest BCUT2D eigenvalue weighted by atomic mass is 10.0. The Kier molecular flexibility index (Phi) is 7.64. The summed E-state index contributed by atoms with van der Waals surface area (Å²) >= 11 is 3.37. The fraction of sp³-hybridized carbons (Fsp3) is 0.190. The molecule has 0 N–H and O–H groups in total. The maximum Gasteiger partial charge on any atom is 0.193 e. The lowest BCUT2D eigenvalue weighted by Gasteiger charge is -2.10. The van der Waals surface area contributed by atoms with Gasteiger partial charge in [-0.25, -0.2) is 0 Å². The van der Waals surface area contributed by atoms with Crippen molar-refractivity contribution in [2.24, 2.45) is 0 Å². The maximum atomic E-state index is 12.4. The first-order valence-corrected chi connectivity index (χ1v) is 8.87. The Hall–Kier alpha value is -2.17. The maximum absolute atomic E-state index is 12.4. The van der Waals surface area contributed by atoms with Gasteiger partial charge in [0.2, 0.25) is 0 Å². The van der Waals surface area contributed by atoms with E-state index < -0.39 is 0 Å². The van der Waals surface area contributed by atoms with E-state index in [1.165, 1.54) is 0 Å². The molecular weight excluding hydrogens is 378 g/mol. The van der Waals surface area contributed by atoms with E-state index in [-0.39, 0.29) is 5.78 Å². The van der Waals surface area contributed by atoms with Crippen LogP contribution in [0.3, 0.4) is 0 Å². The number of nitrogens with zero attached hydrogens (tertiary/aromatic N) is 1. The zero-order valence-corrected chi connectivity index (χ0v) is 15.9. The number of hydrogen-bond acceptors (Lipinski definition) is 3. The molecule has 0 saturated carbocycles. The molecule has 0 unspecified atom stereocenters. The highest BCUT2D eigenvalue weighted by Crippen LogP contribution is 2.17. The quantitative estimate of drug-likeness (QED) is 0.450. The Bertz CT molecular complexity index is 721. The van der Waals surface area contributed by atoms with Crippen LogP contribution in [0.2, 0.25) is 0 Å². The highest BCUT2D eigenvalue weighted by molar-refractivity contribution is 9.10. The van der Waals surface area contributed by atoms with Crippen LogP contribution in [0.1, 0.15) is 15.9 Å². The first-order valence-electron chi connectivity index (χ1n) is 8.07. The van der Waals surface area contributed by atoms with Crippen molar-refractivity contribution < 1.29 is 9.53 Å². The van der Waals surface area contributed by atoms with Gasteiger partial charge < -0.3 is 4.74 Å². The summed E-state index contributed by atoms with van der Waals surface area (Å²) in [4.78, 5) is 14.6. The van der Waals surface area contributed by atoms with Gasteiger partial charge in [0.15, 0.2) is 5.78 Å². The van der Waals surface area contributed by atoms with Crippen molar-refractivity contribution >= 4 is 21.7 Å². The molecule has 0 bridgehead atoms. The average molecular weight is 400 g/mol. The minimum Gasteiger partial charge on any atom is -0.490 e. The predicted molar refractivity (Wildman–Crippen MR) is 106 cm³/mol. The molecule has 2 rings (SSSR count). The van der Waals surface area contributed by atoms with Crippen LogP contribution in [0.5, 0.6) is 5.75 Å². The summed E-state index contributed by atoms with van der Waals surface area (Å²) in [6.45, 7) is 5.93. The minimum atomic E-state index is 0.00389. The Morgan fingerprint density at radius 1 is 1.04 bits per heavy atom. The molecule has 0 radical (unpaired) electrons. The average Bonchev–Trinajstić information content (AvgIpc) is 2.62. The first-order chi connectivity index (χ1) is 12.1. The zero-order valence-electron chi connectivity index (χ0n) is 14.3. The summed E-state index contributed by atoms with van der Waals surface area (Å²) in [7, 11) is 2.04. The Morgan fingerprint density at radius 3 is 2.24 bits per heavy atom. The summed E-state index contributed by atoms with van der Waals surface area (Å²) in [5.74, 6) is 0.751. The number of halogens is 1. The monoisotopic (exact) mass is 399 g/mol. The lowest BCUT2D eigenvalue weighted by Crippen LogP contribution is -2.17. The molecule has 0 aliphatic carbocycles. The molecule has 0 aliphatic heterocycles. The van der Waals surface area contributed by atoms with Crippen LogP contribution in [0.25, 0.3) is 0 Å². The number of ketones is 1. The number of carbonyl (C=O) groups is 1. The molecule has 0 amide bonds. The van der Waals surface area contributed by atoms with Crippen LogP contribution in [0.15, 0.2) is 77.8 Å². The largest absolute Gasteiger partial charge is 0.490 e. The van der Waals surface area contributed by atoms with E-state index >= 15 is 0 Å². The number of likely N-dealkylation sites (N-methyl/N-ethyl adjacent to an activating group) is 1. The third-order valence-corrected chi connectivity index (χ3v) is 4.12. The molecule has 2 aromatic carbocycles. The van der Waals surface area contributed by atoms with Gasteiger partial charge in [-0.2, -0.15) is 0 Å². The van der Waals surface area contributed by atoms with Gasteiger partial charge >= 0.3 is 0 Å². The van der Waals surface area contributed by atoms with E-state index in [1.807, 2.05) is 55.6 Å². The van der Waals surface area contributed by atoms with Crippen LogP contribution in [-0.2, 0) is 0 Å². The molecule has 0 saturated heterocycles. The standard InChI is InChI=1S/C21H22BrNO2/c1-3-14-23(2)15-4-5-16-25-20-12-8-18(9-13-20)21(24)17-6-10-19(22)11-7-17/h3-13H,1,14-16H2,2H3/b5-4-. The number of ether oxygens (including phenoxy) is 1. The fourth-order valence-corrected chi connectivity index (χ4v) is 2.50. The summed E-state index contributed by atoms with van der Waals surface area (Å²) in [5.41, 5.74) is 1.32. The predicted octanol–water partition coefficient (Wildman–Crippen LogP) is 4.73. The van der Waals surface area contributed by atoms with Gasteiger partial charge in [-0.05, 0) is 55.6 Å². The summed E-state index contributed by atoms with van der Waals surface area (Å²) < 4.78 is 6.62. The second kappa shape index (κ2) is 9.97. The Labute approximate surface area is 157 Å². The molecule has 0 fully saturated rings. The van der Waals surface area contributed by atoms with Crippen molar-refractivity contribution in [3.8, 4) is 5.75 Å². The topological polar surface area (TPSA) is 29.5 Å². The second-order valence-corrected chi connectivity index (χ2v) is 6.57.